The summed E-state index contributed by atoms with van der Waals surface area (Å²) >= 11 is 0. The molecule has 0 saturated carbocycles. The summed E-state index contributed by atoms with van der Waals surface area (Å²) in [5, 5.41) is 2.38. The largest absolute Gasteiger partial charge is 0.439 e. The fourth-order valence-corrected chi connectivity index (χ4v) is 2.11. The average molecular weight is 377 g/mol. The molecule has 140 valence electrons. The number of alkyl halides is 6. The van der Waals surface area contributed by atoms with Crippen molar-refractivity contribution in [1.82, 2.24) is 10.3 Å². The first-order valence-corrected chi connectivity index (χ1v) is 7.19. The highest BCUT2D eigenvalue weighted by Gasteiger charge is 2.72. The van der Waals surface area contributed by atoms with Crippen molar-refractivity contribution in [1.29, 1.82) is 0 Å². The number of nitrogens with zero attached hydrogens (tertiary/aromatic N) is 1. The van der Waals surface area contributed by atoms with Crippen LogP contribution in [0.5, 0.6) is 0 Å². The van der Waals surface area contributed by atoms with Gasteiger partial charge in [-0.1, -0.05) is 24.3 Å². The summed E-state index contributed by atoms with van der Waals surface area (Å²) in [5.41, 5.74) is -4.87. The molecule has 1 heterocycles. The lowest BCUT2D eigenvalue weighted by molar-refractivity contribution is -0.294. The van der Waals surface area contributed by atoms with Gasteiger partial charge in [0.05, 0.1) is 0 Å². The van der Waals surface area contributed by atoms with Crippen molar-refractivity contribution >= 4 is 11.7 Å². The topological polar surface area (TPSA) is 54.0 Å². The minimum absolute atomic E-state index is 0.197. The summed E-state index contributed by atoms with van der Waals surface area (Å²) in [7, 11) is 0. The van der Waals surface area contributed by atoms with E-state index in [0.717, 1.165) is 23.5 Å². The van der Waals surface area contributed by atoms with Crippen molar-refractivity contribution in [2.75, 3.05) is 5.32 Å². The first-order valence-electron chi connectivity index (χ1n) is 7.19. The van der Waals surface area contributed by atoms with Crippen LogP contribution in [-0.2, 0) is 0 Å². The molecule has 0 aliphatic heterocycles. The third-order valence-corrected chi connectivity index (χ3v) is 3.39. The van der Waals surface area contributed by atoms with Gasteiger partial charge < -0.3 is 10.6 Å². The SMILES string of the molecule is Cc1cccc(NC(NC(=O)c2ccccc2)(C(F)(F)F)C(F)(F)F)n1. The minimum atomic E-state index is -5.90. The minimum Gasteiger partial charge on any atom is -0.332 e. The van der Waals surface area contributed by atoms with Crippen molar-refractivity contribution in [3.63, 3.8) is 0 Å². The van der Waals surface area contributed by atoms with E-state index in [1.54, 1.807) is 0 Å². The van der Waals surface area contributed by atoms with Gasteiger partial charge in [0, 0.05) is 11.3 Å². The number of amides is 1. The Morgan fingerprint density at radius 2 is 1.46 bits per heavy atom. The highest BCUT2D eigenvalue weighted by molar-refractivity contribution is 5.95. The standard InChI is InChI=1S/C16H13F6N3O/c1-10-6-5-9-12(23-10)24-14(15(17,18)19,16(20,21)22)25-13(26)11-7-3-2-4-8-11/h2-9H,1H3,(H,23,24)(H,25,26). The lowest BCUT2D eigenvalue weighted by Gasteiger charge is -2.38. The number of rotatable bonds is 4. The molecule has 0 aliphatic carbocycles. The molecule has 2 aromatic rings. The lowest BCUT2D eigenvalue weighted by atomic mass is 10.1. The molecule has 0 bridgehead atoms. The van der Waals surface area contributed by atoms with E-state index in [1.807, 2.05) is 0 Å². The van der Waals surface area contributed by atoms with Crippen molar-refractivity contribution < 1.29 is 31.1 Å². The number of hydrogen-bond acceptors (Lipinski definition) is 3. The summed E-state index contributed by atoms with van der Waals surface area (Å²) in [6.07, 6.45) is -11.8. The monoisotopic (exact) mass is 377 g/mol. The summed E-state index contributed by atoms with van der Waals surface area (Å²) < 4.78 is 81.1. The van der Waals surface area contributed by atoms with E-state index in [9.17, 15) is 31.1 Å². The number of anilines is 1. The molecule has 1 amide bonds. The Bertz CT molecular complexity index is 760. The predicted octanol–water partition coefficient (Wildman–Crippen LogP) is 4.05. The van der Waals surface area contributed by atoms with Gasteiger partial charge >= 0.3 is 18.0 Å². The van der Waals surface area contributed by atoms with Gasteiger partial charge in [-0.2, -0.15) is 26.3 Å². The zero-order valence-electron chi connectivity index (χ0n) is 13.2. The summed E-state index contributed by atoms with van der Waals surface area (Å²) in [6.45, 7) is 1.40. The smallest absolute Gasteiger partial charge is 0.332 e. The van der Waals surface area contributed by atoms with Gasteiger partial charge in [0.2, 0.25) is 0 Å². The molecule has 2 N–H and O–H groups in total. The summed E-state index contributed by atoms with van der Waals surface area (Å²) in [4.78, 5) is 15.6. The molecule has 0 spiro atoms. The Hall–Kier alpha value is -2.78. The Kier molecular flexibility index (Phi) is 5.15. The normalized spacial score (nSPS) is 12.6. The van der Waals surface area contributed by atoms with Crippen LogP contribution in [0, 0.1) is 6.92 Å². The molecular formula is C16H13F6N3O. The third-order valence-electron chi connectivity index (χ3n) is 3.39. The number of halogens is 6. The lowest BCUT2D eigenvalue weighted by Crippen LogP contribution is -2.72. The van der Waals surface area contributed by atoms with Crippen LogP contribution in [-0.4, -0.2) is 28.9 Å². The van der Waals surface area contributed by atoms with E-state index in [1.165, 1.54) is 42.6 Å². The van der Waals surface area contributed by atoms with E-state index in [-0.39, 0.29) is 11.3 Å². The number of benzene rings is 1. The van der Waals surface area contributed by atoms with E-state index >= 15 is 0 Å². The van der Waals surface area contributed by atoms with E-state index in [2.05, 4.69) is 4.98 Å². The molecule has 0 aliphatic rings. The van der Waals surface area contributed by atoms with Crippen LogP contribution in [0.4, 0.5) is 32.2 Å². The van der Waals surface area contributed by atoms with Gasteiger partial charge in [0.15, 0.2) is 0 Å². The number of aromatic nitrogens is 1. The number of carbonyl (C=O) groups is 1. The van der Waals surface area contributed by atoms with Gasteiger partial charge in [-0.05, 0) is 31.2 Å². The predicted molar refractivity (Wildman–Crippen MR) is 81.3 cm³/mol. The number of aryl methyl sites for hydroxylation is 1. The molecular weight excluding hydrogens is 364 g/mol. The maximum atomic E-state index is 13.5. The van der Waals surface area contributed by atoms with Crippen molar-refractivity contribution in [2.24, 2.45) is 0 Å². The maximum Gasteiger partial charge on any atom is 0.439 e. The van der Waals surface area contributed by atoms with Crippen LogP contribution in [0.1, 0.15) is 16.1 Å². The molecule has 0 unspecified atom stereocenters. The second-order valence-electron chi connectivity index (χ2n) is 5.35. The fourth-order valence-electron chi connectivity index (χ4n) is 2.11. The number of nitrogens with one attached hydrogen (secondary N) is 2. The van der Waals surface area contributed by atoms with Crippen LogP contribution in [0.25, 0.3) is 0 Å². The van der Waals surface area contributed by atoms with Gasteiger partial charge in [-0.15, -0.1) is 0 Å². The summed E-state index contributed by atoms with van der Waals surface area (Å²) in [5.74, 6) is -2.23. The van der Waals surface area contributed by atoms with Gasteiger partial charge in [0.25, 0.3) is 5.91 Å². The Balaban J connectivity index is 2.51. The van der Waals surface area contributed by atoms with Gasteiger partial charge in [0.1, 0.15) is 5.82 Å². The second-order valence-corrected chi connectivity index (χ2v) is 5.35. The first-order chi connectivity index (χ1) is 12.0. The van der Waals surface area contributed by atoms with E-state index in [0.29, 0.717) is 0 Å². The van der Waals surface area contributed by atoms with E-state index in [4.69, 9.17) is 0 Å². The number of pyridine rings is 1. The van der Waals surface area contributed by atoms with Crippen LogP contribution < -0.4 is 10.6 Å². The van der Waals surface area contributed by atoms with E-state index < -0.39 is 29.7 Å². The highest BCUT2D eigenvalue weighted by atomic mass is 19.4. The van der Waals surface area contributed by atoms with Crippen LogP contribution in [0.2, 0.25) is 0 Å². The molecule has 1 aromatic heterocycles. The Morgan fingerprint density at radius 3 is 1.96 bits per heavy atom. The fraction of sp³-hybridized carbons (Fsp3) is 0.250. The quantitative estimate of drug-likeness (QED) is 0.624. The Labute approximate surface area is 144 Å². The molecule has 10 heteroatoms. The zero-order chi connectivity index (χ0) is 19.6. The van der Waals surface area contributed by atoms with Crippen molar-refractivity contribution in [3.8, 4) is 0 Å². The molecule has 0 saturated heterocycles. The maximum absolute atomic E-state index is 13.5. The van der Waals surface area contributed by atoms with Crippen LogP contribution in [0.15, 0.2) is 48.5 Å². The molecule has 4 nitrogen and oxygen atoms in total. The molecule has 0 radical (unpaired) electrons. The third kappa shape index (κ3) is 3.89. The van der Waals surface area contributed by atoms with Crippen LogP contribution >= 0.6 is 0 Å². The second kappa shape index (κ2) is 6.85. The highest BCUT2D eigenvalue weighted by Crippen LogP contribution is 2.43. The molecule has 0 atom stereocenters. The first kappa shape index (κ1) is 19.5. The van der Waals surface area contributed by atoms with Crippen LogP contribution in [0.3, 0.4) is 0 Å². The van der Waals surface area contributed by atoms with Crippen molar-refractivity contribution in [2.45, 2.75) is 24.9 Å². The van der Waals surface area contributed by atoms with Gasteiger partial charge in [-0.25, -0.2) is 4.98 Å². The average Bonchev–Trinajstić information content (AvgIpc) is 2.53. The molecule has 0 fully saturated rings. The molecule has 1 aromatic carbocycles. The Morgan fingerprint density at radius 1 is 0.885 bits per heavy atom. The zero-order valence-corrected chi connectivity index (χ0v) is 13.2. The van der Waals surface area contributed by atoms with Gasteiger partial charge in [-0.3, -0.25) is 4.79 Å². The molecule has 26 heavy (non-hydrogen) atoms. The van der Waals surface area contributed by atoms with Crippen molar-refractivity contribution in [3.05, 3.63) is 59.8 Å². The molecule has 2 rings (SSSR count). The summed E-state index contributed by atoms with van der Waals surface area (Å²) in [6, 6.07) is 9.86. The number of carbonyl (C=O) groups excluding carboxylic acids is 1. The number of hydrogen-bond donors (Lipinski definition) is 2.